The Morgan fingerprint density at radius 3 is 2.30 bits per heavy atom. The molecule has 0 bridgehead atoms. The van der Waals surface area contributed by atoms with Crippen LogP contribution in [0.5, 0.6) is 0 Å². The van der Waals surface area contributed by atoms with Crippen molar-refractivity contribution in [3.8, 4) is 22.4 Å². The van der Waals surface area contributed by atoms with Crippen LogP contribution in [0, 0.1) is 6.92 Å². The minimum absolute atomic E-state index is 0. The maximum absolute atomic E-state index is 12.0. The second kappa shape index (κ2) is 8.06. The number of fused-ring (bicyclic) bond motifs is 1. The number of nitrogens with zero attached hydrogens (tertiary/aromatic N) is 2. The number of carbonyl (C=O) groups excluding carboxylic acids is 1. The van der Waals surface area contributed by atoms with Gasteiger partial charge in [0.15, 0.2) is 4.96 Å². The van der Waals surface area contributed by atoms with Gasteiger partial charge in [0.05, 0.1) is 12.3 Å². The van der Waals surface area contributed by atoms with Crippen LogP contribution in [0.3, 0.4) is 0 Å². The van der Waals surface area contributed by atoms with Gasteiger partial charge in [-0.1, -0.05) is 65.9 Å². The average molecular weight is 443 g/mol. The predicted octanol–water partition coefficient (Wildman–Crippen LogP) is 5.79. The van der Waals surface area contributed by atoms with Gasteiger partial charge in [-0.2, -0.15) is 0 Å². The van der Waals surface area contributed by atoms with Gasteiger partial charge in [-0.15, -0.1) is 17.0 Å². The van der Waals surface area contributed by atoms with Gasteiger partial charge in [-0.05, 0) is 25.0 Å². The molecule has 0 aliphatic rings. The number of esters is 1. The maximum Gasteiger partial charge on any atom is 0.350 e. The topological polar surface area (TPSA) is 43.6 Å². The lowest BCUT2D eigenvalue weighted by molar-refractivity contribution is 0.0531. The predicted molar refractivity (Wildman–Crippen MR) is 115 cm³/mol. The highest BCUT2D eigenvalue weighted by Crippen LogP contribution is 2.29. The highest BCUT2D eigenvalue weighted by molar-refractivity contribution is 8.93. The second-order valence-electron chi connectivity index (χ2n) is 5.96. The molecule has 0 N–H and O–H groups in total. The fourth-order valence-electron chi connectivity index (χ4n) is 2.94. The fraction of sp³-hybridized carbons (Fsp3) is 0.143. The molecular formula is C21H19BrN2O2S. The molecule has 0 amide bonds. The summed E-state index contributed by atoms with van der Waals surface area (Å²) >= 11 is 1.36. The van der Waals surface area contributed by atoms with Crippen LogP contribution in [-0.4, -0.2) is 22.0 Å². The number of hydrogen-bond acceptors (Lipinski definition) is 4. The molecule has 0 saturated carbocycles. The van der Waals surface area contributed by atoms with Crippen LogP contribution >= 0.6 is 28.3 Å². The Labute approximate surface area is 172 Å². The number of aromatic nitrogens is 2. The lowest BCUT2D eigenvalue weighted by atomic mass is 10.0. The molecule has 0 atom stereocenters. The molecule has 0 spiro atoms. The zero-order valence-corrected chi connectivity index (χ0v) is 17.5. The monoisotopic (exact) mass is 442 g/mol. The number of ether oxygens (including phenoxy) is 1. The Balaban J connectivity index is 0.00000210. The summed E-state index contributed by atoms with van der Waals surface area (Å²) in [4.78, 5) is 18.1. The van der Waals surface area contributed by atoms with Crippen LogP contribution in [-0.2, 0) is 4.74 Å². The molecule has 138 valence electrons. The van der Waals surface area contributed by atoms with Gasteiger partial charge in [0.25, 0.3) is 0 Å². The molecule has 4 aromatic rings. The van der Waals surface area contributed by atoms with E-state index in [2.05, 4.69) is 41.4 Å². The van der Waals surface area contributed by atoms with Gasteiger partial charge in [-0.3, -0.25) is 4.40 Å². The molecule has 0 radical (unpaired) electrons. The van der Waals surface area contributed by atoms with E-state index in [-0.39, 0.29) is 23.0 Å². The summed E-state index contributed by atoms with van der Waals surface area (Å²) in [5, 5.41) is 0. The Morgan fingerprint density at radius 1 is 1.04 bits per heavy atom. The molecule has 2 heterocycles. The number of hydrogen-bond donors (Lipinski definition) is 0. The molecule has 0 saturated heterocycles. The van der Waals surface area contributed by atoms with Crippen molar-refractivity contribution in [3.63, 3.8) is 0 Å². The Hall–Kier alpha value is -2.44. The van der Waals surface area contributed by atoms with Crippen molar-refractivity contribution in [2.24, 2.45) is 0 Å². The molecule has 2 aromatic carbocycles. The quantitative estimate of drug-likeness (QED) is 0.375. The van der Waals surface area contributed by atoms with Crippen molar-refractivity contribution in [1.82, 2.24) is 9.38 Å². The van der Waals surface area contributed by atoms with Crippen molar-refractivity contribution in [3.05, 3.63) is 71.4 Å². The number of rotatable bonds is 4. The normalized spacial score (nSPS) is 10.6. The first-order chi connectivity index (χ1) is 12.7. The maximum atomic E-state index is 12.0. The largest absolute Gasteiger partial charge is 0.462 e. The zero-order chi connectivity index (χ0) is 18.1. The highest BCUT2D eigenvalue weighted by Gasteiger charge is 2.18. The number of benzene rings is 2. The third-order valence-corrected chi connectivity index (χ3v) is 5.44. The first-order valence-corrected chi connectivity index (χ1v) is 9.30. The van der Waals surface area contributed by atoms with Gasteiger partial charge in [0.1, 0.15) is 4.88 Å². The Kier molecular flexibility index (Phi) is 5.77. The summed E-state index contributed by atoms with van der Waals surface area (Å²) in [7, 11) is 0. The van der Waals surface area contributed by atoms with Crippen LogP contribution in [0.1, 0.15) is 22.3 Å². The number of aryl methyl sites for hydroxylation is 1. The molecular weight excluding hydrogens is 424 g/mol. The van der Waals surface area contributed by atoms with Gasteiger partial charge < -0.3 is 4.74 Å². The van der Waals surface area contributed by atoms with E-state index in [4.69, 9.17) is 4.74 Å². The zero-order valence-electron chi connectivity index (χ0n) is 15.0. The van der Waals surface area contributed by atoms with Gasteiger partial charge in [0, 0.05) is 17.5 Å². The van der Waals surface area contributed by atoms with Crippen LogP contribution in [0.25, 0.3) is 27.3 Å². The molecule has 27 heavy (non-hydrogen) atoms. The molecule has 0 fully saturated rings. The number of thiazole rings is 1. The first-order valence-electron chi connectivity index (χ1n) is 8.49. The lowest BCUT2D eigenvalue weighted by Crippen LogP contribution is -2.04. The smallest absolute Gasteiger partial charge is 0.350 e. The van der Waals surface area contributed by atoms with Crippen molar-refractivity contribution in [1.29, 1.82) is 0 Å². The summed E-state index contributed by atoms with van der Waals surface area (Å²) in [6.07, 6.45) is 1.97. The molecule has 2 aromatic heterocycles. The summed E-state index contributed by atoms with van der Waals surface area (Å²) in [6.45, 7) is 4.10. The molecule has 4 rings (SSSR count). The molecule has 0 unspecified atom stereocenters. The van der Waals surface area contributed by atoms with E-state index < -0.39 is 0 Å². The standard InChI is InChI=1S/C21H18N2O2S.BrH/c1-3-25-20(24)19-14(2)23-13-18(22-21(23)26-19)17-11-9-16(10-12-17)15-7-5-4-6-8-15;/h4-13H,3H2,1-2H3;1H. The van der Waals surface area contributed by atoms with Gasteiger partial charge in [0.2, 0.25) is 0 Å². The van der Waals surface area contributed by atoms with E-state index in [9.17, 15) is 4.79 Å². The van der Waals surface area contributed by atoms with E-state index in [0.29, 0.717) is 11.5 Å². The molecule has 6 heteroatoms. The second-order valence-corrected chi connectivity index (χ2v) is 6.94. The average Bonchev–Trinajstić information content (AvgIpc) is 3.22. The van der Waals surface area contributed by atoms with Crippen molar-refractivity contribution in [2.75, 3.05) is 6.61 Å². The number of imidazole rings is 1. The summed E-state index contributed by atoms with van der Waals surface area (Å²) in [6, 6.07) is 18.7. The Morgan fingerprint density at radius 2 is 1.67 bits per heavy atom. The minimum atomic E-state index is -0.283. The fourth-order valence-corrected chi connectivity index (χ4v) is 3.94. The highest BCUT2D eigenvalue weighted by atomic mass is 79.9. The lowest BCUT2D eigenvalue weighted by Gasteiger charge is -2.03. The van der Waals surface area contributed by atoms with Gasteiger partial charge in [-0.25, -0.2) is 9.78 Å². The van der Waals surface area contributed by atoms with Crippen molar-refractivity contribution in [2.45, 2.75) is 13.8 Å². The summed E-state index contributed by atoms with van der Waals surface area (Å²) in [5.41, 5.74) is 5.19. The molecule has 4 nitrogen and oxygen atoms in total. The van der Waals surface area contributed by atoms with Crippen LogP contribution in [0.2, 0.25) is 0 Å². The van der Waals surface area contributed by atoms with E-state index in [1.165, 1.54) is 22.5 Å². The number of carbonyl (C=O) groups is 1. The van der Waals surface area contributed by atoms with Crippen molar-refractivity contribution < 1.29 is 9.53 Å². The minimum Gasteiger partial charge on any atom is -0.462 e. The van der Waals surface area contributed by atoms with Gasteiger partial charge >= 0.3 is 5.97 Å². The number of halogens is 1. The van der Waals surface area contributed by atoms with Crippen LogP contribution in [0.15, 0.2) is 60.8 Å². The third-order valence-electron chi connectivity index (χ3n) is 4.31. The third kappa shape index (κ3) is 3.68. The molecule has 0 aliphatic carbocycles. The summed E-state index contributed by atoms with van der Waals surface area (Å²) in [5.74, 6) is -0.283. The van der Waals surface area contributed by atoms with Crippen molar-refractivity contribution >= 4 is 39.2 Å². The molecule has 0 aliphatic heterocycles. The van der Waals surface area contributed by atoms with E-state index in [1.54, 1.807) is 0 Å². The van der Waals surface area contributed by atoms with E-state index in [1.807, 2.05) is 42.6 Å². The first kappa shape index (κ1) is 19.3. The SMILES string of the molecule is Br.CCOC(=O)c1sc2nc(-c3ccc(-c4ccccc4)cc3)cn2c1C. The summed E-state index contributed by atoms with van der Waals surface area (Å²) < 4.78 is 7.06. The van der Waals surface area contributed by atoms with Crippen LogP contribution < -0.4 is 0 Å². The Bertz CT molecular complexity index is 1070. The van der Waals surface area contributed by atoms with E-state index >= 15 is 0 Å². The van der Waals surface area contributed by atoms with E-state index in [0.717, 1.165) is 21.9 Å². The van der Waals surface area contributed by atoms with Crippen LogP contribution in [0.4, 0.5) is 0 Å².